The third kappa shape index (κ3) is 2.69. The third-order valence-electron chi connectivity index (χ3n) is 3.92. The van der Waals surface area contributed by atoms with Gasteiger partial charge in [0.25, 0.3) is 5.91 Å². The summed E-state index contributed by atoms with van der Waals surface area (Å²) in [6.45, 7) is 2.74. The summed E-state index contributed by atoms with van der Waals surface area (Å²) in [5.74, 6) is 1.07. The lowest BCUT2D eigenvalue weighted by atomic mass is 10.1. The van der Waals surface area contributed by atoms with Gasteiger partial charge < -0.3 is 19.7 Å². The molecule has 2 aromatic rings. The summed E-state index contributed by atoms with van der Waals surface area (Å²) in [5.41, 5.74) is 1.53. The molecule has 0 spiro atoms. The minimum Gasteiger partial charge on any atom is -0.454 e. The highest BCUT2D eigenvalue weighted by Crippen LogP contribution is 2.34. The van der Waals surface area contributed by atoms with Crippen molar-refractivity contribution in [2.24, 2.45) is 0 Å². The van der Waals surface area contributed by atoms with Crippen LogP contribution in [0.1, 0.15) is 27.9 Å². The van der Waals surface area contributed by atoms with Crippen LogP contribution in [0.4, 0.5) is 5.13 Å². The van der Waals surface area contributed by atoms with Crippen LogP contribution in [-0.2, 0) is 17.8 Å². The van der Waals surface area contributed by atoms with Gasteiger partial charge in [0, 0.05) is 30.3 Å². The van der Waals surface area contributed by atoms with Crippen LogP contribution >= 0.6 is 11.3 Å². The van der Waals surface area contributed by atoms with Crippen molar-refractivity contribution in [3.05, 3.63) is 34.3 Å². The zero-order chi connectivity index (χ0) is 16.7. The van der Waals surface area contributed by atoms with Crippen LogP contribution in [0, 0.1) is 0 Å². The Bertz CT molecular complexity index is 833. The summed E-state index contributed by atoms with van der Waals surface area (Å²) >= 11 is 1.42. The molecule has 1 N–H and O–H groups in total. The molecule has 2 amide bonds. The maximum Gasteiger partial charge on any atom is 0.254 e. The Morgan fingerprint density at radius 3 is 2.96 bits per heavy atom. The van der Waals surface area contributed by atoms with E-state index in [2.05, 4.69) is 10.3 Å². The van der Waals surface area contributed by atoms with E-state index in [0.29, 0.717) is 41.7 Å². The highest BCUT2D eigenvalue weighted by molar-refractivity contribution is 7.15. The number of ether oxygens (including phenoxy) is 2. The number of rotatable bonds is 2. The molecule has 0 saturated heterocycles. The number of nitrogens with zero attached hydrogens (tertiary/aromatic N) is 2. The van der Waals surface area contributed by atoms with Crippen LogP contribution in [-0.4, -0.2) is 35.0 Å². The Morgan fingerprint density at radius 2 is 2.12 bits per heavy atom. The maximum atomic E-state index is 12.7. The number of benzene rings is 1. The molecule has 0 atom stereocenters. The van der Waals surface area contributed by atoms with Crippen molar-refractivity contribution in [1.29, 1.82) is 0 Å². The van der Waals surface area contributed by atoms with Gasteiger partial charge in [-0.3, -0.25) is 9.59 Å². The molecular weight excluding hydrogens is 330 g/mol. The predicted octanol–water partition coefficient (Wildman–Crippen LogP) is 2.03. The molecule has 2 aliphatic heterocycles. The number of hydrogen-bond acceptors (Lipinski definition) is 6. The summed E-state index contributed by atoms with van der Waals surface area (Å²) in [7, 11) is 0. The number of anilines is 1. The molecule has 24 heavy (non-hydrogen) atoms. The van der Waals surface area contributed by atoms with Gasteiger partial charge >= 0.3 is 0 Å². The number of nitrogens with one attached hydrogen (secondary N) is 1. The molecule has 0 radical (unpaired) electrons. The largest absolute Gasteiger partial charge is 0.454 e. The Morgan fingerprint density at radius 1 is 1.29 bits per heavy atom. The number of carbonyl (C=O) groups excluding carboxylic acids is 2. The number of hydrogen-bond donors (Lipinski definition) is 1. The van der Waals surface area contributed by atoms with Gasteiger partial charge in [-0.25, -0.2) is 4.98 Å². The van der Waals surface area contributed by atoms with Crippen molar-refractivity contribution in [1.82, 2.24) is 9.88 Å². The van der Waals surface area contributed by atoms with Gasteiger partial charge in [-0.1, -0.05) is 11.3 Å². The van der Waals surface area contributed by atoms with E-state index in [0.717, 1.165) is 10.6 Å². The van der Waals surface area contributed by atoms with Gasteiger partial charge in [-0.15, -0.1) is 0 Å². The van der Waals surface area contributed by atoms with Gasteiger partial charge in [0.05, 0.1) is 12.2 Å². The lowest BCUT2D eigenvalue weighted by Gasteiger charge is -2.26. The highest BCUT2D eigenvalue weighted by Gasteiger charge is 2.26. The molecule has 1 aromatic carbocycles. The first-order valence-corrected chi connectivity index (χ1v) is 8.37. The first kappa shape index (κ1) is 14.9. The third-order valence-corrected chi connectivity index (χ3v) is 4.92. The average Bonchev–Trinajstić information content (AvgIpc) is 3.17. The Kier molecular flexibility index (Phi) is 3.61. The topological polar surface area (TPSA) is 80.8 Å². The molecule has 3 heterocycles. The number of thiazole rings is 1. The molecule has 124 valence electrons. The lowest BCUT2D eigenvalue weighted by Crippen LogP contribution is -2.35. The molecule has 0 fully saturated rings. The van der Waals surface area contributed by atoms with Crippen molar-refractivity contribution in [3.63, 3.8) is 0 Å². The summed E-state index contributed by atoms with van der Waals surface area (Å²) in [5, 5.41) is 3.29. The van der Waals surface area contributed by atoms with Crippen molar-refractivity contribution in [2.75, 3.05) is 18.7 Å². The first-order valence-electron chi connectivity index (χ1n) is 7.55. The molecular formula is C16H15N3O4S. The van der Waals surface area contributed by atoms with Crippen molar-refractivity contribution in [3.8, 4) is 11.5 Å². The zero-order valence-corrected chi connectivity index (χ0v) is 13.8. The number of fused-ring (bicyclic) bond motifs is 2. The molecule has 4 rings (SSSR count). The summed E-state index contributed by atoms with van der Waals surface area (Å²) in [6.07, 6.45) is 0.682. The van der Waals surface area contributed by atoms with E-state index in [1.165, 1.54) is 18.3 Å². The van der Waals surface area contributed by atoms with Gasteiger partial charge in [0.2, 0.25) is 12.7 Å². The molecule has 1 aromatic heterocycles. The Labute approximate surface area is 142 Å². The first-order chi connectivity index (χ1) is 11.6. The van der Waals surface area contributed by atoms with Crippen LogP contribution in [0.5, 0.6) is 11.5 Å². The quantitative estimate of drug-likeness (QED) is 0.901. The van der Waals surface area contributed by atoms with E-state index in [-0.39, 0.29) is 18.6 Å². The van der Waals surface area contributed by atoms with Gasteiger partial charge in [0.1, 0.15) is 0 Å². The summed E-state index contributed by atoms with van der Waals surface area (Å²) in [4.78, 5) is 31.1. The SMILES string of the molecule is CC(=O)Nc1nc2c(s1)CN(C(=O)c1ccc3c(c1)OCO3)CC2. The molecule has 0 saturated carbocycles. The van der Waals surface area contributed by atoms with Crippen molar-refractivity contribution < 1.29 is 19.1 Å². The number of amides is 2. The van der Waals surface area contributed by atoms with E-state index < -0.39 is 0 Å². The van der Waals surface area contributed by atoms with E-state index in [1.54, 1.807) is 23.1 Å². The fourth-order valence-corrected chi connectivity index (χ4v) is 3.85. The molecule has 0 bridgehead atoms. The smallest absolute Gasteiger partial charge is 0.254 e. The van der Waals surface area contributed by atoms with Crippen molar-refractivity contribution in [2.45, 2.75) is 19.9 Å². The predicted molar refractivity (Wildman–Crippen MR) is 87.4 cm³/mol. The fourth-order valence-electron chi connectivity index (χ4n) is 2.79. The Hall–Kier alpha value is -2.61. The number of aromatic nitrogens is 1. The highest BCUT2D eigenvalue weighted by atomic mass is 32.1. The monoisotopic (exact) mass is 345 g/mol. The Balaban J connectivity index is 1.52. The minimum absolute atomic E-state index is 0.0478. The fraction of sp³-hybridized carbons (Fsp3) is 0.312. The minimum atomic E-state index is -0.144. The van der Waals surface area contributed by atoms with Gasteiger partial charge in [-0.05, 0) is 18.2 Å². The number of carbonyl (C=O) groups is 2. The molecule has 7 nitrogen and oxygen atoms in total. The summed E-state index contributed by atoms with van der Waals surface area (Å²) in [6, 6.07) is 5.23. The van der Waals surface area contributed by atoms with E-state index >= 15 is 0 Å². The zero-order valence-electron chi connectivity index (χ0n) is 13.0. The normalized spacial score (nSPS) is 15.1. The van der Waals surface area contributed by atoms with E-state index in [4.69, 9.17) is 9.47 Å². The lowest BCUT2D eigenvalue weighted by molar-refractivity contribution is -0.114. The van der Waals surface area contributed by atoms with Crippen LogP contribution in [0.15, 0.2) is 18.2 Å². The van der Waals surface area contributed by atoms with Crippen LogP contribution < -0.4 is 14.8 Å². The van der Waals surface area contributed by atoms with Gasteiger partial charge in [0.15, 0.2) is 16.6 Å². The molecule has 0 unspecified atom stereocenters. The van der Waals surface area contributed by atoms with Gasteiger partial charge in [-0.2, -0.15) is 0 Å². The maximum absolute atomic E-state index is 12.7. The second-order valence-electron chi connectivity index (χ2n) is 5.61. The molecule has 8 heteroatoms. The second-order valence-corrected chi connectivity index (χ2v) is 6.70. The van der Waals surface area contributed by atoms with Crippen LogP contribution in [0.2, 0.25) is 0 Å². The summed E-state index contributed by atoms with van der Waals surface area (Å²) < 4.78 is 10.6. The van der Waals surface area contributed by atoms with Crippen LogP contribution in [0.3, 0.4) is 0 Å². The van der Waals surface area contributed by atoms with E-state index in [1.807, 2.05) is 0 Å². The molecule has 2 aliphatic rings. The van der Waals surface area contributed by atoms with E-state index in [9.17, 15) is 9.59 Å². The molecule has 0 aliphatic carbocycles. The van der Waals surface area contributed by atoms with Crippen LogP contribution in [0.25, 0.3) is 0 Å². The second kappa shape index (κ2) is 5.79. The average molecular weight is 345 g/mol. The van der Waals surface area contributed by atoms with Crippen molar-refractivity contribution >= 4 is 28.3 Å². The standard InChI is InChI=1S/C16H15N3O4S/c1-9(20)17-16-18-11-4-5-19(7-14(11)24-16)15(21)10-2-3-12-13(6-10)23-8-22-12/h2-3,6H,4-5,7-8H2,1H3,(H,17,18,20).